The van der Waals surface area contributed by atoms with Crippen LogP contribution in [-0.4, -0.2) is 5.25 Å². The maximum Gasteiger partial charge on any atom is 0.00857 e. The van der Waals surface area contributed by atoms with Crippen LogP contribution < -0.4 is 0 Å². The highest BCUT2D eigenvalue weighted by Gasteiger charge is 2.03. The van der Waals surface area contributed by atoms with Crippen LogP contribution in [0.25, 0.3) is 0 Å². The van der Waals surface area contributed by atoms with E-state index in [1.807, 2.05) is 11.8 Å². The second kappa shape index (κ2) is 9.18. The third kappa shape index (κ3) is 6.78. The van der Waals surface area contributed by atoms with E-state index in [9.17, 15) is 0 Å². The highest BCUT2D eigenvalue weighted by molar-refractivity contribution is 8.02. The van der Waals surface area contributed by atoms with Crippen LogP contribution in [0.1, 0.15) is 52.9 Å². The fraction of sp³-hybridized carbons (Fsp3) is 0.818. The van der Waals surface area contributed by atoms with E-state index in [1.54, 1.807) is 0 Å². The minimum atomic E-state index is 0.854. The molecule has 1 heteroatoms. The van der Waals surface area contributed by atoms with Crippen molar-refractivity contribution in [2.24, 2.45) is 0 Å². The molecule has 0 nitrogen and oxygen atoms in total. The second-order valence-corrected chi connectivity index (χ2v) is 4.34. The topological polar surface area (TPSA) is 0 Å². The van der Waals surface area contributed by atoms with E-state index >= 15 is 0 Å². The largest absolute Gasteiger partial charge is 0.131 e. The van der Waals surface area contributed by atoms with Crippen LogP contribution in [0, 0.1) is 0 Å². The summed E-state index contributed by atoms with van der Waals surface area (Å²) in [6, 6.07) is 0. The van der Waals surface area contributed by atoms with Gasteiger partial charge in [0, 0.05) is 5.25 Å². The Labute approximate surface area is 81.8 Å². The molecule has 1 unspecified atom stereocenters. The fourth-order valence-corrected chi connectivity index (χ4v) is 2.05. The molecule has 0 saturated heterocycles. The summed E-state index contributed by atoms with van der Waals surface area (Å²) < 4.78 is 0. The smallest absolute Gasteiger partial charge is 0.00857 e. The summed E-state index contributed by atoms with van der Waals surface area (Å²) in [5.41, 5.74) is 0. The molecular weight excluding hydrogens is 164 g/mol. The Morgan fingerprint density at radius 2 is 2.00 bits per heavy atom. The lowest BCUT2D eigenvalue weighted by atomic mass is 10.1. The molecule has 1 atom stereocenters. The Bertz CT molecular complexity index is 108. The highest BCUT2D eigenvalue weighted by atomic mass is 32.2. The van der Waals surface area contributed by atoms with Gasteiger partial charge in [-0.2, -0.15) is 0 Å². The molecule has 72 valence electrons. The Hall–Kier alpha value is 0.0900. The lowest BCUT2D eigenvalue weighted by molar-refractivity contribution is 0.637. The van der Waals surface area contributed by atoms with E-state index in [-0.39, 0.29) is 0 Å². The maximum absolute atomic E-state index is 2.28. The fourth-order valence-electron chi connectivity index (χ4n) is 1.18. The molecule has 0 aromatic carbocycles. The van der Waals surface area contributed by atoms with Crippen molar-refractivity contribution >= 4 is 11.8 Å². The Kier molecular flexibility index (Phi) is 9.25. The van der Waals surface area contributed by atoms with Crippen molar-refractivity contribution < 1.29 is 0 Å². The van der Waals surface area contributed by atoms with Gasteiger partial charge < -0.3 is 0 Å². The monoisotopic (exact) mass is 186 g/mol. The molecule has 0 fully saturated rings. The molecule has 0 N–H and O–H groups in total. The van der Waals surface area contributed by atoms with Crippen LogP contribution in [0.15, 0.2) is 11.5 Å². The molecule has 0 bridgehead atoms. The van der Waals surface area contributed by atoms with Crippen molar-refractivity contribution in [3.8, 4) is 0 Å². The lowest BCUT2D eigenvalue weighted by Gasteiger charge is -2.10. The number of hydrogen-bond donors (Lipinski definition) is 0. The molecule has 0 aromatic heterocycles. The van der Waals surface area contributed by atoms with E-state index in [1.165, 1.54) is 32.1 Å². The number of thioether (sulfide) groups is 1. The summed E-state index contributed by atoms with van der Waals surface area (Å²) in [7, 11) is 0. The van der Waals surface area contributed by atoms with Crippen molar-refractivity contribution in [2.75, 3.05) is 0 Å². The zero-order chi connectivity index (χ0) is 9.23. The summed E-state index contributed by atoms with van der Waals surface area (Å²) in [5.74, 6) is 0. The minimum Gasteiger partial charge on any atom is -0.131 e. The van der Waals surface area contributed by atoms with Gasteiger partial charge in [-0.15, -0.1) is 11.8 Å². The summed E-state index contributed by atoms with van der Waals surface area (Å²) in [6.07, 6.45) is 8.96. The highest BCUT2D eigenvalue weighted by Crippen LogP contribution is 2.21. The number of unbranched alkanes of at least 4 members (excludes halogenated alkanes) is 2. The summed E-state index contributed by atoms with van der Waals surface area (Å²) >= 11 is 1.99. The van der Waals surface area contributed by atoms with E-state index in [4.69, 9.17) is 0 Å². The normalized spacial score (nSPS) is 13.9. The first-order valence-corrected chi connectivity index (χ1v) is 6.06. The third-order valence-electron chi connectivity index (χ3n) is 1.99. The average molecular weight is 186 g/mol. The maximum atomic E-state index is 2.28. The standard InChI is InChI=1S/C11H22S/c1-4-7-8-9-11(6-3)12-10-5-2/h5,10-11H,4,6-9H2,1-3H3. The molecule has 0 rings (SSSR count). The summed E-state index contributed by atoms with van der Waals surface area (Å²) in [5, 5.41) is 3.08. The van der Waals surface area contributed by atoms with E-state index in [0.717, 1.165) is 5.25 Å². The first-order chi connectivity index (χ1) is 5.85. The molecule has 12 heavy (non-hydrogen) atoms. The zero-order valence-electron chi connectivity index (χ0n) is 8.68. The molecule has 0 heterocycles. The van der Waals surface area contributed by atoms with E-state index in [0.29, 0.717) is 0 Å². The quantitative estimate of drug-likeness (QED) is 0.523. The van der Waals surface area contributed by atoms with Gasteiger partial charge in [-0.25, -0.2) is 0 Å². The van der Waals surface area contributed by atoms with Crippen molar-refractivity contribution in [3.63, 3.8) is 0 Å². The second-order valence-electron chi connectivity index (χ2n) is 3.13. The van der Waals surface area contributed by atoms with E-state index < -0.39 is 0 Å². The van der Waals surface area contributed by atoms with Crippen LogP contribution >= 0.6 is 11.8 Å². The molecule has 0 spiro atoms. The zero-order valence-corrected chi connectivity index (χ0v) is 9.49. The summed E-state index contributed by atoms with van der Waals surface area (Å²) in [4.78, 5) is 0. The van der Waals surface area contributed by atoms with Gasteiger partial charge in [-0.3, -0.25) is 0 Å². The Morgan fingerprint density at radius 1 is 1.25 bits per heavy atom. The van der Waals surface area contributed by atoms with Crippen LogP contribution in [0.5, 0.6) is 0 Å². The Balaban J connectivity index is 3.39. The van der Waals surface area contributed by atoms with Crippen molar-refractivity contribution in [1.82, 2.24) is 0 Å². The molecule has 0 aliphatic carbocycles. The minimum absolute atomic E-state index is 0.854. The van der Waals surface area contributed by atoms with Crippen molar-refractivity contribution in [3.05, 3.63) is 11.5 Å². The van der Waals surface area contributed by atoms with E-state index in [2.05, 4.69) is 32.3 Å². The average Bonchev–Trinajstić information content (AvgIpc) is 2.11. The lowest BCUT2D eigenvalue weighted by Crippen LogP contribution is -1.98. The molecule has 0 saturated carbocycles. The number of allylic oxidation sites excluding steroid dienone is 1. The molecule has 0 aromatic rings. The molecule has 0 amide bonds. The number of rotatable bonds is 7. The van der Waals surface area contributed by atoms with Crippen molar-refractivity contribution in [2.45, 2.75) is 58.1 Å². The van der Waals surface area contributed by atoms with Gasteiger partial charge in [0.2, 0.25) is 0 Å². The molecular formula is C11H22S. The van der Waals surface area contributed by atoms with Gasteiger partial charge in [0.25, 0.3) is 0 Å². The first-order valence-electron chi connectivity index (χ1n) is 5.11. The van der Waals surface area contributed by atoms with Gasteiger partial charge in [0.05, 0.1) is 0 Å². The van der Waals surface area contributed by atoms with Crippen LogP contribution in [0.4, 0.5) is 0 Å². The van der Waals surface area contributed by atoms with Gasteiger partial charge in [0.15, 0.2) is 0 Å². The van der Waals surface area contributed by atoms with Crippen LogP contribution in [0.3, 0.4) is 0 Å². The first kappa shape index (κ1) is 12.1. The third-order valence-corrected chi connectivity index (χ3v) is 3.38. The SMILES string of the molecule is CC=CSC(CC)CCCCC. The predicted molar refractivity (Wildman–Crippen MR) is 60.6 cm³/mol. The van der Waals surface area contributed by atoms with Gasteiger partial charge >= 0.3 is 0 Å². The van der Waals surface area contributed by atoms with Crippen LogP contribution in [-0.2, 0) is 0 Å². The van der Waals surface area contributed by atoms with Gasteiger partial charge in [0.1, 0.15) is 0 Å². The Morgan fingerprint density at radius 3 is 2.50 bits per heavy atom. The molecule has 0 aliphatic rings. The van der Waals surface area contributed by atoms with Gasteiger partial charge in [-0.05, 0) is 25.2 Å². The predicted octanol–water partition coefficient (Wildman–Crippen LogP) is 4.61. The molecule has 0 radical (unpaired) electrons. The summed E-state index contributed by atoms with van der Waals surface area (Å²) in [6.45, 7) is 6.64. The van der Waals surface area contributed by atoms with Crippen LogP contribution in [0.2, 0.25) is 0 Å². The van der Waals surface area contributed by atoms with Gasteiger partial charge in [-0.1, -0.05) is 39.2 Å². The molecule has 0 aliphatic heterocycles. The number of hydrogen-bond acceptors (Lipinski definition) is 1. The van der Waals surface area contributed by atoms with Crippen molar-refractivity contribution in [1.29, 1.82) is 0 Å².